The topological polar surface area (TPSA) is 17.0 Å². The van der Waals surface area contributed by atoms with Crippen LogP contribution in [0.3, 0.4) is 0 Å². The van der Waals surface area contributed by atoms with Gasteiger partial charge in [-0.2, -0.15) is 0 Å². The second-order valence-corrected chi connectivity index (χ2v) is 6.66. The van der Waals surface area contributed by atoms with E-state index in [9.17, 15) is 0 Å². The number of hydrogen-bond acceptors (Lipinski definition) is 2. The standard InChI is InChI=1S/C16H17BrN2S/c1-2-18-10-12-3-4-15-13(9-12)5-7-19(15)11-16-14(17)6-8-20-16/h3-9,18H,2,10-11H2,1H3. The average molecular weight is 349 g/mol. The van der Waals surface area contributed by atoms with Crippen molar-refractivity contribution >= 4 is 38.2 Å². The van der Waals surface area contributed by atoms with Gasteiger partial charge in [0.1, 0.15) is 0 Å². The van der Waals surface area contributed by atoms with Crippen LogP contribution in [0, 0.1) is 0 Å². The third kappa shape index (κ3) is 2.82. The summed E-state index contributed by atoms with van der Waals surface area (Å²) in [6.07, 6.45) is 2.17. The molecule has 0 spiro atoms. The quantitative estimate of drug-likeness (QED) is 0.711. The van der Waals surface area contributed by atoms with Crippen molar-refractivity contribution < 1.29 is 0 Å². The highest BCUT2D eigenvalue weighted by molar-refractivity contribution is 9.10. The van der Waals surface area contributed by atoms with Gasteiger partial charge in [-0.3, -0.25) is 0 Å². The molecule has 20 heavy (non-hydrogen) atoms. The first kappa shape index (κ1) is 13.9. The Morgan fingerprint density at radius 2 is 2.15 bits per heavy atom. The summed E-state index contributed by atoms with van der Waals surface area (Å²) in [6.45, 7) is 5.00. The zero-order valence-electron chi connectivity index (χ0n) is 11.4. The summed E-state index contributed by atoms with van der Waals surface area (Å²) in [5.41, 5.74) is 2.64. The molecular weight excluding hydrogens is 332 g/mol. The predicted molar refractivity (Wildman–Crippen MR) is 90.4 cm³/mol. The maximum absolute atomic E-state index is 3.60. The molecule has 1 aromatic carbocycles. The molecular formula is C16H17BrN2S. The highest BCUT2D eigenvalue weighted by atomic mass is 79.9. The molecule has 0 aliphatic carbocycles. The van der Waals surface area contributed by atoms with E-state index in [2.05, 4.69) is 74.6 Å². The lowest BCUT2D eigenvalue weighted by molar-refractivity contribution is 0.727. The molecule has 104 valence electrons. The zero-order chi connectivity index (χ0) is 13.9. The van der Waals surface area contributed by atoms with Gasteiger partial charge in [-0.1, -0.05) is 13.0 Å². The molecule has 3 rings (SSSR count). The van der Waals surface area contributed by atoms with Crippen molar-refractivity contribution in [3.05, 3.63) is 56.8 Å². The van der Waals surface area contributed by atoms with Crippen molar-refractivity contribution in [3.63, 3.8) is 0 Å². The van der Waals surface area contributed by atoms with Gasteiger partial charge < -0.3 is 9.88 Å². The third-order valence-electron chi connectivity index (χ3n) is 3.42. The Morgan fingerprint density at radius 1 is 1.25 bits per heavy atom. The van der Waals surface area contributed by atoms with E-state index in [1.807, 2.05) is 0 Å². The minimum Gasteiger partial charge on any atom is -0.342 e. The Hall–Kier alpha value is -1.10. The van der Waals surface area contributed by atoms with E-state index >= 15 is 0 Å². The first-order valence-corrected chi connectivity index (χ1v) is 8.45. The molecule has 0 unspecified atom stereocenters. The van der Waals surface area contributed by atoms with Crippen LogP contribution in [-0.4, -0.2) is 11.1 Å². The number of rotatable bonds is 5. The SMILES string of the molecule is CCNCc1ccc2c(ccn2Cc2sccc2Br)c1. The van der Waals surface area contributed by atoms with Crippen LogP contribution >= 0.6 is 27.3 Å². The maximum atomic E-state index is 3.60. The normalized spacial score (nSPS) is 11.3. The summed E-state index contributed by atoms with van der Waals surface area (Å²) >= 11 is 5.40. The number of nitrogens with one attached hydrogen (secondary N) is 1. The Balaban J connectivity index is 1.88. The van der Waals surface area contributed by atoms with Crippen molar-refractivity contribution in [3.8, 4) is 0 Å². The lowest BCUT2D eigenvalue weighted by Crippen LogP contribution is -2.11. The van der Waals surface area contributed by atoms with Gasteiger partial charge >= 0.3 is 0 Å². The van der Waals surface area contributed by atoms with E-state index in [4.69, 9.17) is 0 Å². The van der Waals surface area contributed by atoms with Gasteiger partial charge in [0, 0.05) is 27.6 Å². The number of thiophene rings is 1. The molecule has 0 radical (unpaired) electrons. The second kappa shape index (κ2) is 6.12. The van der Waals surface area contributed by atoms with Gasteiger partial charge in [0.15, 0.2) is 0 Å². The molecule has 0 aliphatic rings. The number of benzene rings is 1. The van der Waals surface area contributed by atoms with Gasteiger partial charge in [0.2, 0.25) is 0 Å². The molecule has 2 nitrogen and oxygen atoms in total. The summed E-state index contributed by atoms with van der Waals surface area (Å²) in [5, 5.41) is 6.81. The van der Waals surface area contributed by atoms with Crippen LogP contribution < -0.4 is 5.32 Å². The Morgan fingerprint density at radius 3 is 2.90 bits per heavy atom. The smallest absolute Gasteiger partial charge is 0.0580 e. The monoisotopic (exact) mass is 348 g/mol. The fourth-order valence-corrected chi connectivity index (χ4v) is 3.83. The van der Waals surface area contributed by atoms with Gasteiger partial charge in [-0.05, 0) is 63.1 Å². The summed E-state index contributed by atoms with van der Waals surface area (Å²) in [4.78, 5) is 1.36. The minimum atomic E-state index is 0.925. The zero-order valence-corrected chi connectivity index (χ0v) is 13.8. The molecule has 0 saturated carbocycles. The number of fused-ring (bicyclic) bond motifs is 1. The highest BCUT2D eigenvalue weighted by Crippen LogP contribution is 2.26. The summed E-state index contributed by atoms with van der Waals surface area (Å²) < 4.78 is 3.51. The third-order valence-corrected chi connectivity index (χ3v) is 5.33. The van der Waals surface area contributed by atoms with Gasteiger partial charge in [0.05, 0.1) is 6.54 Å². The minimum absolute atomic E-state index is 0.925. The van der Waals surface area contributed by atoms with Crippen LogP contribution in [-0.2, 0) is 13.1 Å². The Bertz CT molecular complexity index is 714. The highest BCUT2D eigenvalue weighted by Gasteiger charge is 2.06. The predicted octanol–water partition coefficient (Wildman–Crippen LogP) is 4.62. The largest absolute Gasteiger partial charge is 0.342 e. The van der Waals surface area contributed by atoms with Crippen LogP contribution in [0.15, 0.2) is 46.4 Å². The van der Waals surface area contributed by atoms with E-state index in [1.165, 1.54) is 25.8 Å². The van der Waals surface area contributed by atoms with Gasteiger partial charge in [-0.15, -0.1) is 11.3 Å². The van der Waals surface area contributed by atoms with E-state index in [1.54, 1.807) is 11.3 Å². The van der Waals surface area contributed by atoms with Crippen LogP contribution in [0.25, 0.3) is 10.9 Å². The molecule has 0 saturated heterocycles. The van der Waals surface area contributed by atoms with Crippen LogP contribution in [0.1, 0.15) is 17.4 Å². The van der Waals surface area contributed by atoms with Crippen LogP contribution in [0.5, 0.6) is 0 Å². The number of hydrogen-bond donors (Lipinski definition) is 1. The second-order valence-electron chi connectivity index (χ2n) is 4.81. The lowest BCUT2D eigenvalue weighted by atomic mass is 10.1. The summed E-state index contributed by atoms with van der Waals surface area (Å²) in [6, 6.07) is 11.0. The van der Waals surface area contributed by atoms with Crippen LogP contribution in [0.4, 0.5) is 0 Å². The molecule has 0 amide bonds. The molecule has 2 heterocycles. The fourth-order valence-electron chi connectivity index (χ4n) is 2.36. The lowest BCUT2D eigenvalue weighted by Gasteiger charge is -2.06. The molecule has 0 fully saturated rings. The van der Waals surface area contributed by atoms with Crippen molar-refractivity contribution in [2.45, 2.75) is 20.0 Å². The molecule has 4 heteroatoms. The molecule has 0 aliphatic heterocycles. The van der Waals surface area contributed by atoms with Gasteiger partial charge in [-0.25, -0.2) is 0 Å². The van der Waals surface area contributed by atoms with E-state index in [-0.39, 0.29) is 0 Å². The first-order valence-electron chi connectivity index (χ1n) is 6.78. The Labute approximate surface area is 131 Å². The van der Waals surface area contributed by atoms with Crippen LogP contribution in [0.2, 0.25) is 0 Å². The number of halogens is 1. The molecule has 2 aromatic heterocycles. The van der Waals surface area contributed by atoms with E-state index in [0.29, 0.717) is 0 Å². The van der Waals surface area contributed by atoms with Crippen molar-refractivity contribution in [2.75, 3.05) is 6.54 Å². The summed E-state index contributed by atoms with van der Waals surface area (Å²) in [7, 11) is 0. The van der Waals surface area contributed by atoms with E-state index < -0.39 is 0 Å². The molecule has 0 bridgehead atoms. The average Bonchev–Trinajstić information content (AvgIpc) is 3.04. The van der Waals surface area contributed by atoms with Crippen molar-refractivity contribution in [2.24, 2.45) is 0 Å². The van der Waals surface area contributed by atoms with Gasteiger partial charge in [0.25, 0.3) is 0 Å². The maximum Gasteiger partial charge on any atom is 0.0580 e. The molecule has 3 aromatic rings. The van der Waals surface area contributed by atoms with Crippen molar-refractivity contribution in [1.82, 2.24) is 9.88 Å². The number of aromatic nitrogens is 1. The molecule has 0 atom stereocenters. The Kier molecular flexibility index (Phi) is 4.24. The van der Waals surface area contributed by atoms with Crippen molar-refractivity contribution in [1.29, 1.82) is 0 Å². The van der Waals surface area contributed by atoms with E-state index in [0.717, 1.165) is 19.6 Å². The number of nitrogens with zero attached hydrogens (tertiary/aromatic N) is 1. The summed E-state index contributed by atoms with van der Waals surface area (Å²) in [5.74, 6) is 0. The fraction of sp³-hybridized carbons (Fsp3) is 0.250. The first-order chi connectivity index (χ1) is 9.78. The molecule has 1 N–H and O–H groups in total.